The van der Waals surface area contributed by atoms with Crippen molar-refractivity contribution in [3.05, 3.63) is 63.6 Å². The van der Waals surface area contributed by atoms with Crippen molar-refractivity contribution < 1.29 is 4.74 Å². The lowest BCUT2D eigenvalue weighted by Gasteiger charge is -2.07. The van der Waals surface area contributed by atoms with Crippen LogP contribution in [-0.2, 0) is 6.42 Å². The third-order valence-electron chi connectivity index (χ3n) is 2.34. The van der Waals surface area contributed by atoms with Gasteiger partial charge in [0.15, 0.2) is 0 Å². The third-order valence-corrected chi connectivity index (χ3v) is 3.01. The molecule has 0 spiro atoms. The minimum absolute atomic E-state index is 0.650. The fraction of sp³-hybridized carbons (Fsp3) is 0.143. The van der Waals surface area contributed by atoms with Crippen LogP contribution in [-0.4, -0.2) is 6.61 Å². The maximum absolute atomic E-state index is 5.94. The highest BCUT2D eigenvalue weighted by Gasteiger charge is 1.99. The van der Waals surface area contributed by atoms with Gasteiger partial charge in [-0.3, -0.25) is 0 Å². The van der Waals surface area contributed by atoms with Crippen LogP contribution in [0, 0.1) is 0 Å². The van der Waals surface area contributed by atoms with E-state index in [9.17, 15) is 0 Å². The van der Waals surface area contributed by atoms with Crippen LogP contribution in [0.5, 0.6) is 5.75 Å². The summed E-state index contributed by atoms with van der Waals surface area (Å²) in [6.07, 6.45) is 0.894. The van der Waals surface area contributed by atoms with Crippen LogP contribution in [0.15, 0.2) is 53.0 Å². The number of hydrogen-bond acceptors (Lipinski definition) is 1. The predicted octanol–water partition coefficient (Wildman–Crippen LogP) is 4.72. The molecule has 0 aliphatic carbocycles. The van der Waals surface area contributed by atoms with Crippen LogP contribution in [0.4, 0.5) is 0 Å². The average molecular weight is 312 g/mol. The van der Waals surface area contributed by atoms with Crippen LogP contribution in [0.1, 0.15) is 5.56 Å². The summed E-state index contributed by atoms with van der Waals surface area (Å²) in [5, 5.41) is 0.675. The van der Waals surface area contributed by atoms with Crippen LogP contribution >= 0.6 is 27.5 Å². The Bertz CT molecular complexity index is 465. The van der Waals surface area contributed by atoms with E-state index in [-0.39, 0.29) is 0 Å². The van der Waals surface area contributed by atoms with Gasteiger partial charge in [0.05, 0.1) is 6.61 Å². The van der Waals surface area contributed by atoms with Crippen LogP contribution in [0.3, 0.4) is 0 Å². The molecule has 3 heteroatoms. The minimum atomic E-state index is 0.650. The fourth-order valence-electron chi connectivity index (χ4n) is 1.54. The molecule has 0 amide bonds. The van der Waals surface area contributed by atoms with Gasteiger partial charge in [0.25, 0.3) is 0 Å². The van der Waals surface area contributed by atoms with E-state index < -0.39 is 0 Å². The SMILES string of the molecule is Clc1cc(Br)cc(OCCc2ccccc2)c1. The smallest absolute Gasteiger partial charge is 0.121 e. The first-order chi connectivity index (χ1) is 8.24. The molecule has 0 N–H and O–H groups in total. The zero-order chi connectivity index (χ0) is 12.1. The Morgan fingerprint density at radius 3 is 2.53 bits per heavy atom. The molecule has 0 saturated carbocycles. The molecule has 0 bridgehead atoms. The Labute approximate surface area is 115 Å². The molecule has 0 heterocycles. The molecule has 0 unspecified atom stereocenters. The number of halogens is 2. The van der Waals surface area contributed by atoms with E-state index in [1.54, 1.807) is 0 Å². The maximum atomic E-state index is 5.94. The first-order valence-electron chi connectivity index (χ1n) is 5.37. The third kappa shape index (κ3) is 4.06. The van der Waals surface area contributed by atoms with Gasteiger partial charge in [-0.2, -0.15) is 0 Å². The van der Waals surface area contributed by atoms with Crippen molar-refractivity contribution in [2.45, 2.75) is 6.42 Å². The molecule has 1 nitrogen and oxygen atoms in total. The molecule has 0 atom stereocenters. The van der Waals surface area contributed by atoms with Gasteiger partial charge in [-0.05, 0) is 23.8 Å². The second kappa shape index (κ2) is 6.08. The fourth-order valence-corrected chi connectivity index (χ4v) is 2.37. The summed E-state index contributed by atoms with van der Waals surface area (Å²) < 4.78 is 6.59. The van der Waals surface area contributed by atoms with Gasteiger partial charge in [-0.25, -0.2) is 0 Å². The first-order valence-corrected chi connectivity index (χ1v) is 6.54. The molecule has 88 valence electrons. The Balaban J connectivity index is 1.90. The molecule has 17 heavy (non-hydrogen) atoms. The van der Waals surface area contributed by atoms with E-state index in [4.69, 9.17) is 16.3 Å². The lowest BCUT2D eigenvalue weighted by Crippen LogP contribution is -2.01. The first kappa shape index (κ1) is 12.5. The summed E-state index contributed by atoms with van der Waals surface area (Å²) in [5.74, 6) is 0.792. The van der Waals surface area contributed by atoms with Gasteiger partial charge in [-0.15, -0.1) is 0 Å². The molecule has 0 fully saturated rings. The highest BCUT2D eigenvalue weighted by Crippen LogP contribution is 2.24. The summed E-state index contributed by atoms with van der Waals surface area (Å²) in [6, 6.07) is 15.8. The van der Waals surface area contributed by atoms with Gasteiger partial charge in [0.2, 0.25) is 0 Å². The lowest BCUT2D eigenvalue weighted by molar-refractivity contribution is 0.322. The normalized spacial score (nSPS) is 10.2. The summed E-state index contributed by atoms with van der Waals surface area (Å²) in [5.41, 5.74) is 1.27. The van der Waals surface area contributed by atoms with E-state index >= 15 is 0 Å². The summed E-state index contributed by atoms with van der Waals surface area (Å²) in [6.45, 7) is 0.650. The average Bonchev–Trinajstić information content (AvgIpc) is 2.29. The van der Waals surface area contributed by atoms with Gasteiger partial charge >= 0.3 is 0 Å². The van der Waals surface area contributed by atoms with Crippen molar-refractivity contribution >= 4 is 27.5 Å². The van der Waals surface area contributed by atoms with Crippen LogP contribution < -0.4 is 4.74 Å². The molecule has 0 radical (unpaired) electrons. The van der Waals surface area contributed by atoms with Gasteiger partial charge in [-0.1, -0.05) is 57.9 Å². The Hall–Kier alpha value is -0.990. The van der Waals surface area contributed by atoms with Crippen molar-refractivity contribution in [3.8, 4) is 5.75 Å². The van der Waals surface area contributed by atoms with Crippen molar-refractivity contribution in [1.29, 1.82) is 0 Å². The van der Waals surface area contributed by atoms with E-state index in [1.807, 2.05) is 36.4 Å². The molecule has 0 saturated heterocycles. The Morgan fingerprint density at radius 2 is 1.82 bits per heavy atom. The van der Waals surface area contributed by atoms with E-state index in [1.165, 1.54) is 5.56 Å². The van der Waals surface area contributed by atoms with Crippen molar-refractivity contribution in [2.24, 2.45) is 0 Å². The zero-order valence-electron chi connectivity index (χ0n) is 9.20. The van der Waals surface area contributed by atoms with Crippen molar-refractivity contribution in [1.82, 2.24) is 0 Å². The molecule has 2 rings (SSSR count). The molecule has 2 aromatic rings. The summed E-state index contributed by atoms with van der Waals surface area (Å²) in [4.78, 5) is 0. The number of hydrogen-bond donors (Lipinski definition) is 0. The standard InChI is InChI=1S/C14H12BrClO/c15-12-8-13(16)10-14(9-12)17-7-6-11-4-2-1-3-5-11/h1-5,8-10H,6-7H2. The molecule has 0 aliphatic heterocycles. The molecule has 2 aromatic carbocycles. The van der Waals surface area contributed by atoms with Crippen molar-refractivity contribution in [2.75, 3.05) is 6.61 Å². The van der Waals surface area contributed by atoms with E-state index in [2.05, 4.69) is 28.1 Å². The monoisotopic (exact) mass is 310 g/mol. The lowest BCUT2D eigenvalue weighted by atomic mass is 10.2. The topological polar surface area (TPSA) is 9.23 Å². The van der Waals surface area contributed by atoms with Crippen LogP contribution in [0.2, 0.25) is 5.02 Å². The second-order valence-electron chi connectivity index (χ2n) is 3.69. The van der Waals surface area contributed by atoms with E-state index in [0.717, 1.165) is 16.6 Å². The number of rotatable bonds is 4. The van der Waals surface area contributed by atoms with Crippen LogP contribution in [0.25, 0.3) is 0 Å². The van der Waals surface area contributed by atoms with E-state index in [0.29, 0.717) is 11.6 Å². The van der Waals surface area contributed by atoms with Crippen molar-refractivity contribution in [3.63, 3.8) is 0 Å². The quantitative estimate of drug-likeness (QED) is 0.793. The maximum Gasteiger partial charge on any atom is 0.121 e. The van der Waals surface area contributed by atoms with Gasteiger partial charge in [0.1, 0.15) is 5.75 Å². The molecule has 0 aliphatic rings. The summed E-state index contributed by atoms with van der Waals surface area (Å²) in [7, 11) is 0. The van der Waals surface area contributed by atoms with Gasteiger partial charge < -0.3 is 4.74 Å². The summed E-state index contributed by atoms with van der Waals surface area (Å²) >= 11 is 9.32. The Morgan fingerprint density at radius 1 is 1.06 bits per heavy atom. The minimum Gasteiger partial charge on any atom is -0.493 e. The molecular weight excluding hydrogens is 300 g/mol. The number of benzene rings is 2. The van der Waals surface area contributed by atoms with Gasteiger partial charge in [0, 0.05) is 15.9 Å². The highest BCUT2D eigenvalue weighted by molar-refractivity contribution is 9.10. The zero-order valence-corrected chi connectivity index (χ0v) is 11.5. The second-order valence-corrected chi connectivity index (χ2v) is 5.04. The molecule has 0 aromatic heterocycles. The number of ether oxygens (including phenoxy) is 1. The predicted molar refractivity (Wildman–Crippen MR) is 74.8 cm³/mol. The highest BCUT2D eigenvalue weighted by atomic mass is 79.9. The molecular formula is C14H12BrClO. The largest absolute Gasteiger partial charge is 0.493 e. The Kier molecular flexibility index (Phi) is 4.46.